The number of alkyl halides is 1. The number of aromatic amines is 2. The number of piperazine rings is 1. The highest BCUT2D eigenvalue weighted by atomic mass is 32.2. The van der Waals surface area contributed by atoms with Crippen LogP contribution >= 0.6 is 11.9 Å². The van der Waals surface area contributed by atoms with Gasteiger partial charge in [0.25, 0.3) is 11.8 Å². The minimum absolute atomic E-state index is 0.0790. The number of hydroxylamine groups is 1. The van der Waals surface area contributed by atoms with Gasteiger partial charge in [-0.3, -0.25) is 24.1 Å². The smallest absolute Gasteiger partial charge is 0.266 e. The number of carbonyl (C=O) groups excluding carboxylic acids is 2. The van der Waals surface area contributed by atoms with E-state index in [9.17, 15) is 14.8 Å². The number of hydrogen-bond donors (Lipinski definition) is 4. The predicted octanol–water partition coefficient (Wildman–Crippen LogP) is 10.3. The lowest BCUT2D eigenvalue weighted by Gasteiger charge is -2.58. The zero-order chi connectivity index (χ0) is 55.9. The number of rotatable bonds is 17. The lowest BCUT2D eigenvalue weighted by atomic mass is 9.59. The maximum Gasteiger partial charge on any atom is 0.266 e. The Bertz CT molecular complexity index is 3370. The number of amides is 2. The second kappa shape index (κ2) is 22.7. The molecule has 4 aliphatic rings. The summed E-state index contributed by atoms with van der Waals surface area (Å²) >= 11 is 0.957. The molecule has 3 aromatic carbocycles. The zero-order valence-corrected chi connectivity index (χ0v) is 46.9. The molecular weight excluding hydrogens is 1040 g/mol. The molecule has 4 aromatic heterocycles. The Morgan fingerprint density at radius 3 is 2.41 bits per heavy atom. The number of pyridine rings is 2. The molecule has 7 aromatic rings. The number of halogens is 2. The SMILES string of the molecule is COc1ccc(CN2CCN(C3CC4(CCN(c5cc(Oc6cc7c(F)c[nH]c7nc6OC)c(C(=O)NSc6cc(N(C)[O-])c(NCC7(F)CCN(C(C)=O)CC7)c7nc[nH]c67)cn5)CC4)C3)C(c3ccccc3C(C)C)C2)cc1. The molecule has 422 valence electrons. The van der Waals surface area contributed by atoms with Gasteiger partial charge in [-0.05, 0) is 90.9 Å². The van der Waals surface area contributed by atoms with E-state index in [0.717, 1.165) is 82.6 Å². The number of nitrogens with zero attached hydrogens (tertiary/aromatic N) is 8. The Kier molecular flexibility index (Phi) is 15.6. The summed E-state index contributed by atoms with van der Waals surface area (Å²) in [5.74, 6) is 1.03. The highest BCUT2D eigenvalue weighted by Crippen LogP contribution is 2.53. The van der Waals surface area contributed by atoms with Gasteiger partial charge in [-0.15, -0.1) is 0 Å². The number of fused-ring (bicyclic) bond motifs is 2. The number of benzene rings is 3. The molecule has 4 fully saturated rings. The fraction of sp³-hybridized carbons (Fsp3) is 0.441. The van der Waals surface area contributed by atoms with Gasteiger partial charge in [-0.2, -0.15) is 4.98 Å². The number of piperidine rings is 2. The Hall–Kier alpha value is -7.20. The van der Waals surface area contributed by atoms with Gasteiger partial charge in [0.1, 0.15) is 45.5 Å². The number of carbonyl (C=O) groups is 2. The van der Waals surface area contributed by atoms with Crippen LogP contribution in [0.3, 0.4) is 0 Å². The summed E-state index contributed by atoms with van der Waals surface area (Å²) in [5.41, 5.74) is 4.47. The van der Waals surface area contributed by atoms with Crippen LogP contribution in [0.25, 0.3) is 22.1 Å². The van der Waals surface area contributed by atoms with Crippen LogP contribution in [0.4, 0.5) is 26.0 Å². The number of hydrogen-bond acceptors (Lipinski definition) is 15. The van der Waals surface area contributed by atoms with E-state index in [0.29, 0.717) is 57.5 Å². The largest absolute Gasteiger partial charge is 0.758 e. The Balaban J connectivity index is 0.804. The normalized spacial score (nSPS) is 18.6. The van der Waals surface area contributed by atoms with Gasteiger partial charge in [0.05, 0.1) is 47.7 Å². The number of nitrogens with one attached hydrogen (secondary N) is 4. The molecule has 0 bridgehead atoms. The topological polar surface area (TPSA) is 195 Å². The molecular formula is C59H69F2N12O6S-. The van der Waals surface area contributed by atoms with Crippen molar-refractivity contribution >= 4 is 63.0 Å². The van der Waals surface area contributed by atoms with Crippen molar-refractivity contribution in [1.82, 2.24) is 44.3 Å². The first-order chi connectivity index (χ1) is 38.6. The molecule has 2 amide bonds. The summed E-state index contributed by atoms with van der Waals surface area (Å²) in [4.78, 5) is 55.8. The van der Waals surface area contributed by atoms with Crippen LogP contribution in [0.5, 0.6) is 23.1 Å². The van der Waals surface area contributed by atoms with E-state index in [-0.39, 0.29) is 76.4 Å². The fourth-order valence-corrected chi connectivity index (χ4v) is 13.1. The number of ether oxygens (including phenoxy) is 3. The molecule has 80 heavy (non-hydrogen) atoms. The van der Waals surface area contributed by atoms with E-state index in [1.165, 1.54) is 62.6 Å². The molecule has 21 heteroatoms. The van der Waals surface area contributed by atoms with Crippen molar-refractivity contribution in [2.24, 2.45) is 5.41 Å². The van der Waals surface area contributed by atoms with Crippen LogP contribution in [-0.2, 0) is 11.3 Å². The monoisotopic (exact) mass is 1110 g/mol. The average Bonchev–Trinajstić information content (AvgIpc) is 4.12. The van der Waals surface area contributed by atoms with Crippen LogP contribution in [0.15, 0.2) is 90.3 Å². The van der Waals surface area contributed by atoms with Crippen LogP contribution in [0.1, 0.15) is 98.3 Å². The number of H-pyrrole nitrogens is 2. The molecule has 1 atom stereocenters. The zero-order valence-electron chi connectivity index (χ0n) is 46.1. The Morgan fingerprint density at radius 2 is 1.70 bits per heavy atom. The van der Waals surface area contributed by atoms with Gasteiger partial charge >= 0.3 is 0 Å². The van der Waals surface area contributed by atoms with Gasteiger partial charge < -0.3 is 49.6 Å². The van der Waals surface area contributed by atoms with Crippen molar-refractivity contribution in [3.63, 3.8) is 0 Å². The van der Waals surface area contributed by atoms with Crippen molar-refractivity contribution in [3.8, 4) is 23.1 Å². The minimum Gasteiger partial charge on any atom is -0.758 e. The van der Waals surface area contributed by atoms with E-state index in [4.69, 9.17) is 19.2 Å². The van der Waals surface area contributed by atoms with Gasteiger partial charge in [-0.25, -0.2) is 18.7 Å². The molecule has 3 aliphatic heterocycles. The lowest BCUT2D eigenvalue weighted by molar-refractivity contribution is -0.131. The van der Waals surface area contributed by atoms with E-state index in [1.807, 2.05) is 12.1 Å². The van der Waals surface area contributed by atoms with E-state index in [2.05, 4.69) is 94.9 Å². The Labute approximate surface area is 468 Å². The molecule has 18 nitrogen and oxygen atoms in total. The van der Waals surface area contributed by atoms with Crippen molar-refractivity contribution < 1.29 is 32.6 Å². The Morgan fingerprint density at radius 1 is 0.938 bits per heavy atom. The molecule has 1 aliphatic carbocycles. The molecule has 7 heterocycles. The molecule has 1 unspecified atom stereocenters. The van der Waals surface area contributed by atoms with Crippen molar-refractivity contribution in [2.75, 3.05) is 88.9 Å². The number of likely N-dealkylation sites (tertiary alicyclic amines) is 1. The van der Waals surface area contributed by atoms with Gasteiger partial charge in [0.15, 0.2) is 5.75 Å². The highest BCUT2D eigenvalue weighted by molar-refractivity contribution is 7.98. The third kappa shape index (κ3) is 11.2. The van der Waals surface area contributed by atoms with E-state index in [1.54, 1.807) is 24.1 Å². The minimum atomic E-state index is -1.61. The lowest BCUT2D eigenvalue weighted by Crippen LogP contribution is -2.60. The van der Waals surface area contributed by atoms with E-state index >= 15 is 8.78 Å². The molecule has 0 radical (unpaired) electrons. The molecule has 3 saturated heterocycles. The first-order valence-electron chi connectivity index (χ1n) is 27.5. The molecule has 1 saturated carbocycles. The summed E-state index contributed by atoms with van der Waals surface area (Å²) in [6, 6.07) is 23.0. The number of anilines is 3. The molecule has 1 spiro atoms. The van der Waals surface area contributed by atoms with Crippen molar-refractivity contribution in [1.29, 1.82) is 0 Å². The third-order valence-electron chi connectivity index (χ3n) is 17.0. The second-order valence-electron chi connectivity index (χ2n) is 22.3. The van der Waals surface area contributed by atoms with Crippen LogP contribution in [0, 0.1) is 16.4 Å². The molecule has 11 rings (SSSR count). The number of methoxy groups -OCH3 is 2. The van der Waals surface area contributed by atoms with Crippen LogP contribution in [0.2, 0.25) is 0 Å². The number of imidazole rings is 1. The van der Waals surface area contributed by atoms with Gasteiger partial charge in [0.2, 0.25) is 5.91 Å². The summed E-state index contributed by atoms with van der Waals surface area (Å²) in [6.45, 7) is 11.9. The van der Waals surface area contributed by atoms with Gasteiger partial charge in [-0.1, -0.05) is 50.2 Å². The van der Waals surface area contributed by atoms with Crippen LogP contribution < -0.4 is 34.2 Å². The first kappa shape index (κ1) is 54.7. The standard InChI is InChI=1S/C59H69F2N12O6S/c1-36(2)41-9-7-8-10-42(41)47-33-70(32-38-11-13-40(77-5)14-12-38)23-24-73(47)39-28-58(29-39)15-19-72(20-16-58)51-27-48(79-49-25-43-45(60)31-63-55(43)67-57(49)78-6)44(30-62-51)56(75)68-80-50-26-46(69(4)76)52(54-53(50)65-35-66-54)64-34-59(61)17-21-71(22-18-59)37(3)74/h7-14,25-27,30-31,35-36,39,47,64H,15-24,28-29,32-34H2,1-6H3,(H,63,67)(H,65,66)(H,68,75)/q-1. The molecule has 4 N–H and O–H groups in total. The van der Waals surface area contributed by atoms with Crippen LogP contribution in [-0.4, -0.2) is 137 Å². The highest BCUT2D eigenvalue weighted by Gasteiger charge is 2.50. The first-order valence-corrected chi connectivity index (χ1v) is 28.3. The third-order valence-corrected chi connectivity index (χ3v) is 17.8. The summed E-state index contributed by atoms with van der Waals surface area (Å²) in [6.07, 6.45) is 8.67. The predicted molar refractivity (Wildman–Crippen MR) is 307 cm³/mol. The maximum absolute atomic E-state index is 16.1. The van der Waals surface area contributed by atoms with Crippen molar-refractivity contribution in [2.45, 2.75) is 94.4 Å². The number of aromatic nitrogens is 5. The fourth-order valence-electron chi connectivity index (χ4n) is 12.4. The summed E-state index contributed by atoms with van der Waals surface area (Å²) in [7, 11) is 4.47. The van der Waals surface area contributed by atoms with Crippen molar-refractivity contribution in [3.05, 3.63) is 119 Å². The second-order valence-corrected chi connectivity index (χ2v) is 23.1. The van der Waals surface area contributed by atoms with Gasteiger partial charge in [0, 0.05) is 115 Å². The average molecular weight is 1110 g/mol. The maximum atomic E-state index is 16.1. The summed E-state index contributed by atoms with van der Waals surface area (Å²) in [5, 5.41) is 17.1. The quantitative estimate of drug-likeness (QED) is 0.0496. The van der Waals surface area contributed by atoms with E-state index < -0.39 is 17.4 Å². The summed E-state index contributed by atoms with van der Waals surface area (Å²) < 4.78 is 51.6.